The van der Waals surface area contributed by atoms with E-state index in [1.807, 2.05) is 6.92 Å². The Hall–Kier alpha value is -0.650. The Morgan fingerprint density at radius 1 is 1.32 bits per heavy atom. The lowest BCUT2D eigenvalue weighted by Gasteiger charge is -2.50. The lowest BCUT2D eigenvalue weighted by atomic mass is 9.72. The number of hydrogen-bond acceptors (Lipinski definition) is 4. The number of fused-ring (bicyclic) bond motifs is 1. The zero-order valence-corrected chi connectivity index (χ0v) is 14.0. The van der Waals surface area contributed by atoms with E-state index in [4.69, 9.17) is 9.47 Å². The summed E-state index contributed by atoms with van der Waals surface area (Å²) in [5.41, 5.74) is 0. The van der Waals surface area contributed by atoms with Gasteiger partial charge < -0.3 is 14.8 Å². The van der Waals surface area contributed by atoms with Crippen molar-refractivity contribution < 1.29 is 14.3 Å². The topological polar surface area (TPSA) is 50.8 Å². The lowest BCUT2D eigenvalue weighted by Crippen LogP contribution is -2.57. The summed E-state index contributed by atoms with van der Waals surface area (Å²) in [7, 11) is 0. The van der Waals surface area contributed by atoms with E-state index in [1.165, 1.54) is 0 Å². The molecule has 1 unspecified atom stereocenters. The molecular weight excluding hydrogens is 280 g/mol. The molecule has 5 heteroatoms. The van der Waals surface area contributed by atoms with Crippen LogP contribution in [0.25, 0.3) is 0 Å². The van der Waals surface area contributed by atoms with E-state index in [0.717, 1.165) is 58.4 Å². The van der Waals surface area contributed by atoms with Crippen LogP contribution in [0.5, 0.6) is 0 Å². The van der Waals surface area contributed by atoms with Crippen LogP contribution in [0.1, 0.15) is 46.0 Å². The van der Waals surface area contributed by atoms with Crippen LogP contribution >= 0.6 is 0 Å². The van der Waals surface area contributed by atoms with E-state index in [1.54, 1.807) is 0 Å². The summed E-state index contributed by atoms with van der Waals surface area (Å²) in [4.78, 5) is 14.9. The summed E-state index contributed by atoms with van der Waals surface area (Å²) < 4.78 is 11.9. The molecular formula is C17H30N2O3. The number of rotatable bonds is 4. The van der Waals surface area contributed by atoms with Crippen LogP contribution in [-0.4, -0.2) is 55.5 Å². The second-order valence-electron chi connectivity index (χ2n) is 7.00. The third-order valence-corrected chi connectivity index (χ3v) is 5.50. The van der Waals surface area contributed by atoms with Crippen molar-refractivity contribution in [3.63, 3.8) is 0 Å². The summed E-state index contributed by atoms with van der Waals surface area (Å²) in [6, 6.07) is 0.601. The zero-order valence-electron chi connectivity index (χ0n) is 14.0. The van der Waals surface area contributed by atoms with Gasteiger partial charge in [0.15, 0.2) is 5.79 Å². The summed E-state index contributed by atoms with van der Waals surface area (Å²) in [5, 5.41) is 3.01. The fraction of sp³-hybridized carbons (Fsp3) is 0.941. The summed E-state index contributed by atoms with van der Waals surface area (Å²) >= 11 is 0. The van der Waals surface area contributed by atoms with E-state index in [2.05, 4.69) is 17.1 Å². The molecule has 2 aliphatic heterocycles. The number of hydrogen-bond donors (Lipinski definition) is 1. The first kappa shape index (κ1) is 16.2. The van der Waals surface area contributed by atoms with Crippen molar-refractivity contribution in [1.29, 1.82) is 0 Å². The van der Waals surface area contributed by atoms with Crippen molar-refractivity contribution in [2.75, 3.05) is 32.8 Å². The molecule has 0 aromatic carbocycles. The highest BCUT2D eigenvalue weighted by molar-refractivity contribution is 5.79. The second-order valence-corrected chi connectivity index (χ2v) is 7.00. The van der Waals surface area contributed by atoms with Crippen molar-refractivity contribution in [2.24, 2.45) is 11.8 Å². The summed E-state index contributed by atoms with van der Waals surface area (Å²) in [6.07, 6.45) is 5.20. The fourth-order valence-electron chi connectivity index (χ4n) is 4.63. The standard InChI is InChI=1S/C17H30N2O3/c1-3-7-19-12-14(16(20)18-4-2)10-13-11-17(6-5-15(13)19)21-8-9-22-17/h13-15H,3-12H2,1-2H3,(H,18,20)/t13?,14-,15-/m1/s1. The minimum Gasteiger partial charge on any atom is -0.356 e. The van der Waals surface area contributed by atoms with Crippen LogP contribution in [0.2, 0.25) is 0 Å². The number of nitrogens with one attached hydrogen (secondary N) is 1. The third kappa shape index (κ3) is 3.17. The van der Waals surface area contributed by atoms with Crippen LogP contribution in [0.15, 0.2) is 0 Å². The smallest absolute Gasteiger partial charge is 0.224 e. The minimum absolute atomic E-state index is 0.115. The van der Waals surface area contributed by atoms with Crippen LogP contribution in [-0.2, 0) is 14.3 Å². The predicted molar refractivity (Wildman–Crippen MR) is 84.4 cm³/mol. The Bertz CT molecular complexity index is 395. The van der Waals surface area contributed by atoms with E-state index >= 15 is 0 Å². The molecule has 3 rings (SSSR count). The molecule has 3 aliphatic rings. The Morgan fingerprint density at radius 3 is 2.77 bits per heavy atom. The normalized spacial score (nSPS) is 34.5. The van der Waals surface area contributed by atoms with E-state index < -0.39 is 0 Å². The highest BCUT2D eigenvalue weighted by Gasteiger charge is 2.49. The van der Waals surface area contributed by atoms with Gasteiger partial charge in [-0.3, -0.25) is 9.69 Å². The highest BCUT2D eigenvalue weighted by Crippen LogP contribution is 2.45. The van der Waals surface area contributed by atoms with Gasteiger partial charge in [0, 0.05) is 32.0 Å². The molecule has 3 fully saturated rings. The van der Waals surface area contributed by atoms with Crippen LogP contribution < -0.4 is 5.32 Å². The van der Waals surface area contributed by atoms with Gasteiger partial charge in [-0.2, -0.15) is 0 Å². The molecule has 2 saturated heterocycles. The number of carbonyl (C=O) groups is 1. The number of likely N-dealkylation sites (tertiary alicyclic amines) is 1. The molecule has 1 saturated carbocycles. The maximum atomic E-state index is 12.3. The molecule has 5 nitrogen and oxygen atoms in total. The van der Waals surface area contributed by atoms with Crippen LogP contribution in [0, 0.1) is 11.8 Å². The van der Waals surface area contributed by atoms with Gasteiger partial charge in [-0.05, 0) is 38.6 Å². The molecule has 1 N–H and O–H groups in total. The SMILES string of the molecule is CCCN1C[C@H](C(=O)NCC)CC2CC3(CC[C@H]21)OCCO3. The Kier molecular flexibility index (Phi) is 5.05. The largest absolute Gasteiger partial charge is 0.356 e. The van der Waals surface area contributed by atoms with Crippen LogP contribution in [0.4, 0.5) is 0 Å². The minimum atomic E-state index is -0.345. The van der Waals surface area contributed by atoms with Gasteiger partial charge in [0.1, 0.15) is 0 Å². The van der Waals surface area contributed by atoms with Gasteiger partial charge in [-0.1, -0.05) is 6.92 Å². The molecule has 0 aromatic heterocycles. The van der Waals surface area contributed by atoms with Crippen molar-refractivity contribution in [3.05, 3.63) is 0 Å². The van der Waals surface area contributed by atoms with Gasteiger partial charge >= 0.3 is 0 Å². The molecule has 1 amide bonds. The van der Waals surface area contributed by atoms with Gasteiger partial charge in [0.05, 0.1) is 19.1 Å². The van der Waals surface area contributed by atoms with Gasteiger partial charge in [0.25, 0.3) is 0 Å². The molecule has 0 radical (unpaired) electrons. The second kappa shape index (κ2) is 6.85. The van der Waals surface area contributed by atoms with Crippen molar-refractivity contribution in [1.82, 2.24) is 10.2 Å². The quantitative estimate of drug-likeness (QED) is 0.860. The average Bonchev–Trinajstić information content (AvgIpc) is 2.95. The number of nitrogens with zero attached hydrogens (tertiary/aromatic N) is 1. The fourth-order valence-corrected chi connectivity index (χ4v) is 4.63. The Balaban J connectivity index is 1.71. The average molecular weight is 310 g/mol. The molecule has 3 atom stereocenters. The first-order valence-corrected chi connectivity index (χ1v) is 8.97. The van der Waals surface area contributed by atoms with Crippen LogP contribution in [0.3, 0.4) is 0 Å². The maximum Gasteiger partial charge on any atom is 0.224 e. The zero-order chi connectivity index (χ0) is 15.6. The van der Waals surface area contributed by atoms with Crippen molar-refractivity contribution in [3.8, 4) is 0 Å². The molecule has 0 bridgehead atoms. The first-order chi connectivity index (χ1) is 10.7. The number of ether oxygens (including phenoxy) is 2. The molecule has 1 spiro atoms. The Morgan fingerprint density at radius 2 is 2.09 bits per heavy atom. The van der Waals surface area contributed by atoms with E-state index in [0.29, 0.717) is 18.5 Å². The summed E-state index contributed by atoms with van der Waals surface area (Å²) in [6.45, 7) is 8.36. The van der Waals surface area contributed by atoms with Gasteiger partial charge in [0.2, 0.25) is 5.91 Å². The first-order valence-electron chi connectivity index (χ1n) is 8.97. The van der Waals surface area contributed by atoms with Gasteiger partial charge in [-0.25, -0.2) is 0 Å². The van der Waals surface area contributed by atoms with E-state index in [-0.39, 0.29) is 17.6 Å². The molecule has 2 heterocycles. The molecule has 126 valence electrons. The van der Waals surface area contributed by atoms with E-state index in [9.17, 15) is 4.79 Å². The monoisotopic (exact) mass is 310 g/mol. The number of piperidine rings is 1. The molecule has 1 aliphatic carbocycles. The number of carbonyl (C=O) groups excluding carboxylic acids is 1. The lowest BCUT2D eigenvalue weighted by molar-refractivity contribution is -0.203. The maximum absolute atomic E-state index is 12.3. The predicted octanol–water partition coefficient (Wildman–Crippen LogP) is 1.77. The van der Waals surface area contributed by atoms with Crippen molar-refractivity contribution >= 4 is 5.91 Å². The Labute approximate surface area is 133 Å². The molecule has 0 aromatic rings. The number of amides is 1. The van der Waals surface area contributed by atoms with Gasteiger partial charge in [-0.15, -0.1) is 0 Å². The molecule has 22 heavy (non-hydrogen) atoms. The highest BCUT2D eigenvalue weighted by atomic mass is 16.7. The third-order valence-electron chi connectivity index (χ3n) is 5.50. The summed E-state index contributed by atoms with van der Waals surface area (Å²) in [5.74, 6) is 0.501. The van der Waals surface area contributed by atoms with Crippen molar-refractivity contribution in [2.45, 2.75) is 57.8 Å².